The highest BCUT2D eigenvalue weighted by atomic mass is 16.3. The third kappa shape index (κ3) is 4.72. The van der Waals surface area contributed by atoms with Crippen molar-refractivity contribution >= 4 is 11.8 Å². The Bertz CT molecular complexity index is 1150. The molecule has 10 nitrogen and oxygen atoms in total. The Balaban J connectivity index is 1.60. The van der Waals surface area contributed by atoms with Gasteiger partial charge in [-0.1, -0.05) is 56.3 Å². The lowest BCUT2D eigenvalue weighted by molar-refractivity contribution is -0.144. The highest BCUT2D eigenvalue weighted by Crippen LogP contribution is 2.34. The second kappa shape index (κ2) is 9.38. The van der Waals surface area contributed by atoms with E-state index in [0.717, 1.165) is 11.4 Å². The monoisotopic (exact) mass is 465 g/mol. The number of aliphatic hydroxyl groups excluding tert-OH is 1. The molecule has 1 aliphatic rings. The van der Waals surface area contributed by atoms with E-state index in [1.54, 1.807) is 17.1 Å². The fourth-order valence-corrected chi connectivity index (χ4v) is 4.48. The van der Waals surface area contributed by atoms with Crippen LogP contribution in [0.5, 0.6) is 0 Å². The molecule has 3 aromatic rings. The van der Waals surface area contributed by atoms with Crippen LogP contribution < -0.4 is 5.32 Å². The molecule has 2 N–H and O–H groups in total. The first-order chi connectivity index (χ1) is 16.2. The first-order valence-electron chi connectivity index (χ1n) is 11.4. The van der Waals surface area contributed by atoms with Gasteiger partial charge in [-0.25, -0.2) is 9.67 Å². The molecular formula is C24H31N7O3. The highest BCUT2D eigenvalue weighted by molar-refractivity contribution is 5.90. The van der Waals surface area contributed by atoms with Crippen LogP contribution in [0.2, 0.25) is 0 Å². The summed E-state index contributed by atoms with van der Waals surface area (Å²) in [4.78, 5) is 32.0. The number of rotatable bonds is 6. The van der Waals surface area contributed by atoms with Gasteiger partial charge in [-0.15, -0.1) is 5.10 Å². The van der Waals surface area contributed by atoms with Gasteiger partial charge in [0.05, 0.1) is 18.8 Å². The summed E-state index contributed by atoms with van der Waals surface area (Å²) >= 11 is 0. The minimum atomic E-state index is -0.740. The maximum absolute atomic E-state index is 13.7. The topological polar surface area (TPSA) is 118 Å². The number of hydrogen-bond donors (Lipinski definition) is 2. The van der Waals surface area contributed by atoms with Crippen LogP contribution in [0.4, 0.5) is 0 Å². The summed E-state index contributed by atoms with van der Waals surface area (Å²) in [6.45, 7) is 6.39. The predicted octanol–water partition coefficient (Wildman–Crippen LogP) is 1.48. The highest BCUT2D eigenvalue weighted by Gasteiger charge is 2.45. The Morgan fingerprint density at radius 2 is 1.97 bits per heavy atom. The number of likely N-dealkylation sites (tertiary alicyclic amines) is 1. The van der Waals surface area contributed by atoms with Gasteiger partial charge in [0.25, 0.3) is 0 Å². The average Bonchev–Trinajstić information content (AvgIpc) is 3.53. The first kappa shape index (κ1) is 23.6. The number of nitrogens with one attached hydrogen (secondary N) is 1. The van der Waals surface area contributed by atoms with Gasteiger partial charge < -0.3 is 19.9 Å². The fraction of sp³-hybridized carbons (Fsp3) is 0.458. The number of hydrogen-bond acceptors (Lipinski definition) is 6. The van der Waals surface area contributed by atoms with E-state index in [1.807, 2.05) is 61.9 Å². The summed E-state index contributed by atoms with van der Waals surface area (Å²) < 4.78 is 3.55. The summed E-state index contributed by atoms with van der Waals surface area (Å²) in [7, 11) is 1.53. The number of aliphatic hydroxyl groups is 1. The summed E-state index contributed by atoms with van der Waals surface area (Å²) in [5.41, 5.74) is 1.17. The quantitative estimate of drug-likeness (QED) is 0.569. The van der Waals surface area contributed by atoms with Gasteiger partial charge in [0.2, 0.25) is 11.8 Å². The van der Waals surface area contributed by atoms with Crippen LogP contribution in [0, 0.1) is 5.41 Å². The van der Waals surface area contributed by atoms with Gasteiger partial charge in [0, 0.05) is 38.0 Å². The molecule has 0 aliphatic carbocycles. The Hall–Kier alpha value is -3.53. The van der Waals surface area contributed by atoms with Crippen LogP contribution in [0.1, 0.15) is 38.9 Å². The third-order valence-corrected chi connectivity index (χ3v) is 6.07. The van der Waals surface area contributed by atoms with Crippen LogP contribution in [0.3, 0.4) is 0 Å². The number of benzene rings is 1. The summed E-state index contributed by atoms with van der Waals surface area (Å²) in [6.07, 6.45) is 4.87. The second-order valence-corrected chi connectivity index (χ2v) is 9.71. The molecule has 0 saturated carbocycles. The zero-order chi connectivity index (χ0) is 24.5. The van der Waals surface area contributed by atoms with Crippen molar-refractivity contribution in [3.8, 4) is 11.4 Å². The van der Waals surface area contributed by atoms with Crippen molar-refractivity contribution in [1.29, 1.82) is 0 Å². The summed E-state index contributed by atoms with van der Waals surface area (Å²) in [6, 6.07) is 8.48. The number of β-amino-alcohol motifs (C(OH)–C–C–N with tert-alkyl or cyclic N) is 1. The van der Waals surface area contributed by atoms with Crippen molar-refractivity contribution in [2.45, 2.75) is 51.9 Å². The SMILES string of the molecule is CNC(=O)C1CC(O)CN1C(=O)[C@@H](n1cc(Cn2ccnc2-c2ccccc2)nn1)C(C)(C)C. The van der Waals surface area contributed by atoms with Gasteiger partial charge in [-0.2, -0.15) is 0 Å². The lowest BCUT2D eigenvalue weighted by Crippen LogP contribution is -2.49. The van der Waals surface area contributed by atoms with Crippen molar-refractivity contribution in [3.05, 3.63) is 54.6 Å². The van der Waals surface area contributed by atoms with E-state index < -0.39 is 23.6 Å². The van der Waals surface area contributed by atoms with E-state index in [4.69, 9.17) is 0 Å². The minimum Gasteiger partial charge on any atom is -0.391 e. The average molecular weight is 466 g/mol. The molecule has 3 atom stereocenters. The van der Waals surface area contributed by atoms with E-state index in [2.05, 4.69) is 20.6 Å². The molecule has 2 aromatic heterocycles. The van der Waals surface area contributed by atoms with Crippen LogP contribution in [0.15, 0.2) is 48.9 Å². The standard InChI is InChI=1S/C24H31N7O3/c1-24(2,3)20(23(34)30-15-18(32)12-19(30)22(33)25-4)31-14-17(27-28-31)13-29-11-10-26-21(29)16-8-6-5-7-9-16/h5-11,14,18-20,32H,12-13,15H2,1-4H3,(H,25,33)/t18?,19?,20-/m1/s1. The Kier molecular flexibility index (Phi) is 6.52. The molecule has 180 valence electrons. The van der Waals surface area contributed by atoms with Gasteiger partial charge >= 0.3 is 0 Å². The first-order valence-corrected chi connectivity index (χ1v) is 11.4. The molecule has 4 rings (SSSR count). The van der Waals surface area contributed by atoms with E-state index in [0.29, 0.717) is 12.2 Å². The van der Waals surface area contributed by atoms with E-state index in [-0.39, 0.29) is 24.8 Å². The number of carbonyl (C=O) groups excluding carboxylic acids is 2. The number of nitrogens with zero attached hydrogens (tertiary/aromatic N) is 6. The van der Waals surface area contributed by atoms with Gasteiger partial charge in [0.15, 0.2) is 0 Å². The van der Waals surface area contributed by atoms with Crippen LogP contribution in [-0.2, 0) is 16.1 Å². The van der Waals surface area contributed by atoms with Crippen molar-refractivity contribution in [2.24, 2.45) is 5.41 Å². The van der Waals surface area contributed by atoms with Crippen molar-refractivity contribution < 1.29 is 14.7 Å². The van der Waals surface area contributed by atoms with Gasteiger partial charge in [0.1, 0.15) is 23.6 Å². The number of amides is 2. The maximum atomic E-state index is 13.7. The molecule has 0 bridgehead atoms. The van der Waals surface area contributed by atoms with E-state index in [9.17, 15) is 14.7 Å². The largest absolute Gasteiger partial charge is 0.391 e. The third-order valence-electron chi connectivity index (χ3n) is 6.07. The normalized spacial score (nSPS) is 19.3. The van der Waals surface area contributed by atoms with Crippen LogP contribution in [0.25, 0.3) is 11.4 Å². The number of aromatic nitrogens is 5. The second-order valence-electron chi connectivity index (χ2n) is 9.71. The lowest BCUT2D eigenvalue weighted by Gasteiger charge is -2.34. The zero-order valence-corrected chi connectivity index (χ0v) is 19.9. The molecule has 10 heteroatoms. The smallest absolute Gasteiger partial charge is 0.248 e. The predicted molar refractivity (Wildman–Crippen MR) is 125 cm³/mol. The zero-order valence-electron chi connectivity index (χ0n) is 19.9. The molecule has 1 aromatic carbocycles. The molecule has 1 fully saturated rings. The molecule has 1 saturated heterocycles. The Labute approximate surface area is 198 Å². The molecule has 2 unspecified atom stereocenters. The summed E-state index contributed by atoms with van der Waals surface area (Å²) in [5.74, 6) is 0.269. The van der Waals surface area contributed by atoms with Crippen molar-refractivity contribution in [3.63, 3.8) is 0 Å². The minimum absolute atomic E-state index is 0.112. The molecule has 0 spiro atoms. The van der Waals surface area contributed by atoms with E-state index in [1.165, 1.54) is 11.9 Å². The lowest BCUT2D eigenvalue weighted by atomic mass is 9.85. The number of imidazole rings is 1. The van der Waals surface area contributed by atoms with Gasteiger partial charge in [-0.3, -0.25) is 9.59 Å². The number of likely N-dealkylation sites (N-methyl/N-ethyl adjacent to an activating group) is 1. The fourth-order valence-electron chi connectivity index (χ4n) is 4.48. The van der Waals surface area contributed by atoms with Crippen molar-refractivity contribution in [2.75, 3.05) is 13.6 Å². The Morgan fingerprint density at radius 3 is 2.65 bits per heavy atom. The van der Waals surface area contributed by atoms with Crippen LogP contribution in [-0.4, -0.2) is 72.1 Å². The molecule has 0 radical (unpaired) electrons. The maximum Gasteiger partial charge on any atom is 0.248 e. The van der Waals surface area contributed by atoms with Crippen molar-refractivity contribution in [1.82, 2.24) is 34.8 Å². The summed E-state index contributed by atoms with van der Waals surface area (Å²) in [5, 5.41) is 21.4. The molecule has 34 heavy (non-hydrogen) atoms. The number of carbonyl (C=O) groups is 2. The molecule has 1 aliphatic heterocycles. The van der Waals surface area contributed by atoms with Crippen LogP contribution >= 0.6 is 0 Å². The van der Waals surface area contributed by atoms with Gasteiger partial charge in [-0.05, 0) is 5.41 Å². The Morgan fingerprint density at radius 1 is 1.24 bits per heavy atom. The molecule has 3 heterocycles. The molecule has 2 amide bonds. The molecular weight excluding hydrogens is 434 g/mol. The van der Waals surface area contributed by atoms with E-state index >= 15 is 0 Å².